The van der Waals surface area contributed by atoms with Gasteiger partial charge < -0.3 is 0 Å². The first-order valence-electron chi connectivity index (χ1n) is 4.04. The quantitative estimate of drug-likeness (QED) is 0.531. The van der Waals surface area contributed by atoms with E-state index in [2.05, 4.69) is 0 Å². The summed E-state index contributed by atoms with van der Waals surface area (Å²) in [5, 5.41) is 16.6. The van der Waals surface area contributed by atoms with Crippen LogP contribution in [-0.2, 0) is 19.7 Å². The van der Waals surface area contributed by atoms with E-state index >= 15 is 0 Å². The van der Waals surface area contributed by atoms with Gasteiger partial charge in [-0.05, 0) is 9.86 Å². The van der Waals surface area contributed by atoms with Gasteiger partial charge in [-0.25, -0.2) is 27.4 Å². The molecule has 0 amide bonds. The van der Waals surface area contributed by atoms with E-state index in [1.54, 1.807) is 0 Å². The number of hydrogen-bond donors (Lipinski definition) is 0. The van der Waals surface area contributed by atoms with Crippen molar-refractivity contribution in [2.45, 2.75) is 14.5 Å². The largest absolute Gasteiger partial charge is 0.602 e. The van der Waals surface area contributed by atoms with Crippen molar-refractivity contribution in [3.8, 4) is 9.86 Å². The van der Waals surface area contributed by atoms with E-state index in [0.29, 0.717) is 9.86 Å². The third kappa shape index (κ3) is 3.18. The molecular formula is C5HAlF6N2O4S2. The molecular weight excluding hydrogens is 357 g/mol. The molecule has 0 rings (SSSR count). The first kappa shape index (κ1) is 19.0. The lowest BCUT2D eigenvalue weighted by Gasteiger charge is -2.19. The topological polar surface area (TPSA) is 116 Å². The zero-order chi connectivity index (χ0) is 16.6. The maximum Gasteiger partial charge on any atom is 0.602 e. The van der Waals surface area contributed by atoms with Gasteiger partial charge in [-0.3, -0.25) is 0 Å². The molecule has 0 aliphatic rings. The number of nitriles is 2. The minimum atomic E-state index is -6.89. The van der Waals surface area contributed by atoms with Gasteiger partial charge >= 0.3 is 25.2 Å². The lowest BCUT2D eigenvalue weighted by Crippen LogP contribution is -2.52. The average molecular weight is 358 g/mol. The molecule has 15 heteroatoms. The monoisotopic (exact) mass is 358 g/mol. The van der Waals surface area contributed by atoms with Crippen LogP contribution >= 0.6 is 0 Å². The van der Waals surface area contributed by atoms with Crippen molar-refractivity contribution in [3.63, 3.8) is 0 Å². The standard InChI is InChI=1S/C3HF6O4S2.2CN.Al/c4-2(5,6)14(10,11)1-15(12,13)3(7,8)9;2*1-2;/h1H;;;. The molecule has 0 aromatic rings. The van der Waals surface area contributed by atoms with E-state index < -0.39 is 48.3 Å². The Morgan fingerprint density at radius 2 is 1.05 bits per heavy atom. The lowest BCUT2D eigenvalue weighted by molar-refractivity contribution is -0.0462. The average Bonchev–Trinajstić information content (AvgIpc) is 2.21. The molecule has 0 saturated carbocycles. The maximum atomic E-state index is 12.2. The molecule has 0 fully saturated rings. The summed E-state index contributed by atoms with van der Waals surface area (Å²) in [4.78, 5) is 1.26. The summed E-state index contributed by atoms with van der Waals surface area (Å²) in [5.74, 6) is 0. The first-order valence-corrected chi connectivity index (χ1v) is 8.95. The zero-order valence-electron chi connectivity index (χ0n) is 8.77. The second kappa shape index (κ2) is 5.41. The summed E-state index contributed by atoms with van der Waals surface area (Å²) in [6.07, 6.45) is 0. The molecule has 0 aliphatic carbocycles. The number of rotatable bonds is 3. The van der Waals surface area contributed by atoms with Crippen LogP contribution in [0.5, 0.6) is 0 Å². The number of alkyl halides is 6. The Balaban J connectivity index is 6.53. The molecule has 0 bridgehead atoms. The van der Waals surface area contributed by atoms with Gasteiger partial charge in [-0.2, -0.15) is 26.3 Å². The third-order valence-electron chi connectivity index (χ3n) is 1.81. The minimum absolute atomic E-state index is 0.628. The van der Waals surface area contributed by atoms with Crippen molar-refractivity contribution in [1.29, 1.82) is 10.5 Å². The highest BCUT2D eigenvalue weighted by molar-refractivity contribution is 8.12. The molecule has 0 spiro atoms. The fourth-order valence-corrected chi connectivity index (χ4v) is 8.28. The van der Waals surface area contributed by atoms with Crippen LogP contribution in [0.2, 0.25) is 0 Å². The Morgan fingerprint density at radius 3 is 1.20 bits per heavy atom. The van der Waals surface area contributed by atoms with E-state index in [4.69, 9.17) is 10.5 Å². The fourth-order valence-electron chi connectivity index (χ4n) is 0.939. The summed E-state index contributed by atoms with van der Waals surface area (Å²) in [5.41, 5.74) is -12.7. The Morgan fingerprint density at radius 1 is 0.800 bits per heavy atom. The van der Waals surface area contributed by atoms with Crippen molar-refractivity contribution in [2.24, 2.45) is 0 Å². The highest BCUT2D eigenvalue weighted by Gasteiger charge is 2.68. The maximum absolute atomic E-state index is 12.2. The van der Waals surface area contributed by atoms with E-state index in [9.17, 15) is 43.2 Å². The number of halogens is 6. The van der Waals surface area contributed by atoms with Gasteiger partial charge in [0.25, 0.3) is 19.7 Å². The minimum Gasteiger partial charge on any atom is -0.223 e. The zero-order valence-corrected chi connectivity index (χ0v) is 11.6. The van der Waals surface area contributed by atoms with Crippen LogP contribution in [0.3, 0.4) is 0 Å². The molecule has 0 saturated heterocycles. The van der Waals surface area contributed by atoms with Crippen molar-refractivity contribution in [3.05, 3.63) is 0 Å². The summed E-state index contributed by atoms with van der Waals surface area (Å²) >= 11 is -4.76. The number of sulfone groups is 2. The summed E-state index contributed by atoms with van der Waals surface area (Å²) < 4.78 is 113. The Kier molecular flexibility index (Phi) is 5.14. The molecule has 0 atom stereocenters. The molecule has 0 aliphatic heterocycles. The van der Waals surface area contributed by atoms with Gasteiger partial charge in [0, 0.05) is 0 Å². The summed E-state index contributed by atoms with van der Waals surface area (Å²) in [6.45, 7) is 0. The molecule has 0 heterocycles. The number of nitrogens with zero attached hydrogens (tertiary/aromatic N) is 2. The Labute approximate surface area is 112 Å². The molecule has 20 heavy (non-hydrogen) atoms. The molecule has 0 radical (unpaired) electrons. The molecule has 0 N–H and O–H groups in total. The second-order valence-corrected chi connectivity index (χ2v) is 10.6. The third-order valence-corrected chi connectivity index (χ3v) is 10.7. The molecule has 6 nitrogen and oxygen atoms in total. The second-order valence-electron chi connectivity index (χ2n) is 3.09. The van der Waals surface area contributed by atoms with E-state index in [1.165, 1.54) is 0 Å². The van der Waals surface area contributed by atoms with Gasteiger partial charge in [-0.15, -0.1) is 0 Å². The number of hydrogen-bond acceptors (Lipinski definition) is 6. The predicted molar refractivity (Wildman–Crippen MR) is 50.7 cm³/mol. The van der Waals surface area contributed by atoms with E-state index in [0.717, 1.165) is 0 Å². The first-order chi connectivity index (χ1) is 8.64. The smallest absolute Gasteiger partial charge is 0.223 e. The van der Waals surface area contributed by atoms with E-state index in [-0.39, 0.29) is 0 Å². The molecule has 0 aromatic carbocycles. The van der Waals surface area contributed by atoms with Gasteiger partial charge in [-0.1, -0.05) is 0 Å². The predicted octanol–water partition coefficient (Wildman–Crippen LogP) is 0.341. The van der Waals surface area contributed by atoms with Crippen molar-refractivity contribution in [2.75, 3.05) is 0 Å². The highest BCUT2D eigenvalue weighted by atomic mass is 32.3. The van der Waals surface area contributed by atoms with Crippen LogP contribution in [0.15, 0.2) is 0 Å². The van der Waals surface area contributed by atoms with Crippen LogP contribution in [0.25, 0.3) is 0 Å². The normalized spacial score (nSPS) is 13.7. The van der Waals surface area contributed by atoms with Gasteiger partial charge in [0.2, 0.25) is 0 Å². The van der Waals surface area contributed by atoms with Crippen LogP contribution in [0.4, 0.5) is 26.3 Å². The summed E-state index contributed by atoms with van der Waals surface area (Å²) in [7, 11) is -13.8. The highest BCUT2D eigenvalue weighted by Crippen LogP contribution is 2.37. The van der Waals surface area contributed by atoms with Crippen LogP contribution < -0.4 is 0 Å². The van der Waals surface area contributed by atoms with Crippen molar-refractivity contribution < 1.29 is 43.2 Å². The molecule has 0 aromatic heterocycles. The van der Waals surface area contributed by atoms with E-state index in [1.807, 2.05) is 0 Å². The molecule has 112 valence electrons. The van der Waals surface area contributed by atoms with Crippen LogP contribution in [-0.4, -0.2) is 45.4 Å². The molecule has 0 unspecified atom stereocenters. The van der Waals surface area contributed by atoms with Crippen molar-refractivity contribution >= 4 is 33.8 Å². The van der Waals surface area contributed by atoms with Crippen LogP contribution in [0.1, 0.15) is 0 Å². The van der Waals surface area contributed by atoms with Crippen molar-refractivity contribution in [1.82, 2.24) is 0 Å². The van der Waals surface area contributed by atoms with Crippen LogP contribution in [0, 0.1) is 20.4 Å². The Hall–Kier alpha value is -1.01. The van der Waals surface area contributed by atoms with Gasteiger partial charge in [0.1, 0.15) is 0 Å². The summed E-state index contributed by atoms with van der Waals surface area (Å²) in [6, 6.07) is 0. The lowest BCUT2D eigenvalue weighted by atomic mass is 11.5. The van der Waals surface area contributed by atoms with Gasteiger partial charge in [0.05, 0.1) is 0 Å². The Bertz CT molecular complexity index is 608. The van der Waals surface area contributed by atoms with Gasteiger partial charge in [0.15, 0.2) is 3.44 Å². The fraction of sp³-hybridized carbons (Fsp3) is 0.600. The SMILES string of the molecule is N#[C][Al]([C]#N)[CH](S(=O)(=O)C(F)(F)F)S(=O)(=O)C(F)(F)F.